The minimum absolute atomic E-state index is 0.0402. The Labute approximate surface area is 169 Å². The Hall–Kier alpha value is -2.77. The number of imidazole rings is 1. The second kappa shape index (κ2) is 7.93. The summed E-state index contributed by atoms with van der Waals surface area (Å²) < 4.78 is 7.63. The summed E-state index contributed by atoms with van der Waals surface area (Å²) >= 11 is 0. The number of hydrogen-bond acceptors (Lipinski definition) is 6. The third-order valence-corrected chi connectivity index (χ3v) is 5.84. The highest BCUT2D eigenvalue weighted by molar-refractivity contribution is 5.55. The van der Waals surface area contributed by atoms with Gasteiger partial charge in [0, 0.05) is 42.7 Å². The van der Waals surface area contributed by atoms with Gasteiger partial charge in [0.2, 0.25) is 5.95 Å². The maximum absolute atomic E-state index is 10.6. The highest BCUT2D eigenvalue weighted by Gasteiger charge is 2.34. The minimum atomic E-state index is -0.410. The fourth-order valence-corrected chi connectivity index (χ4v) is 4.37. The molecule has 1 aliphatic heterocycles. The predicted octanol–water partition coefficient (Wildman–Crippen LogP) is 2.66. The normalized spacial score (nSPS) is 23.7. The molecule has 3 aromatic rings. The van der Waals surface area contributed by atoms with Crippen molar-refractivity contribution in [2.24, 2.45) is 5.92 Å². The number of anilines is 1. The fourth-order valence-electron chi connectivity index (χ4n) is 4.37. The van der Waals surface area contributed by atoms with E-state index < -0.39 is 6.10 Å². The summed E-state index contributed by atoms with van der Waals surface area (Å²) in [6.45, 7) is 2.12. The van der Waals surface area contributed by atoms with Crippen LogP contribution in [0.4, 0.5) is 5.95 Å². The van der Waals surface area contributed by atoms with E-state index >= 15 is 0 Å². The van der Waals surface area contributed by atoms with Crippen LogP contribution in [0.25, 0.3) is 11.4 Å². The maximum Gasteiger partial charge on any atom is 0.223 e. The van der Waals surface area contributed by atoms with Crippen LogP contribution in [0, 0.1) is 5.92 Å². The van der Waals surface area contributed by atoms with Crippen molar-refractivity contribution in [2.75, 3.05) is 11.9 Å². The van der Waals surface area contributed by atoms with Crippen LogP contribution in [-0.4, -0.2) is 43.4 Å². The third kappa shape index (κ3) is 3.88. The van der Waals surface area contributed by atoms with E-state index in [0.717, 1.165) is 48.5 Å². The van der Waals surface area contributed by atoms with Gasteiger partial charge in [-0.15, -0.1) is 0 Å². The van der Waals surface area contributed by atoms with Crippen LogP contribution < -0.4 is 5.32 Å². The Bertz CT molecular complexity index is 974. The fraction of sp³-hybridized carbons (Fsp3) is 0.409. The molecule has 0 bridgehead atoms. The van der Waals surface area contributed by atoms with E-state index in [1.54, 1.807) is 0 Å². The summed E-state index contributed by atoms with van der Waals surface area (Å²) in [6, 6.07) is 10.2. The van der Waals surface area contributed by atoms with E-state index in [4.69, 9.17) is 4.74 Å². The molecule has 0 radical (unpaired) electrons. The first-order chi connectivity index (χ1) is 14.3. The Balaban J connectivity index is 1.26. The molecule has 0 saturated heterocycles. The standard InChI is InChI=1S/C22H25N5O2/c28-20-11-15(13-27-8-7-23-21(27)16-4-2-1-3-5-16)10-19(20)26-22-24-12-17-14-29-9-6-18(17)25-22/h1-5,7-8,12,15,19-20,28H,6,9-11,13-14H2,(H,24,25,26)/t15?,19-,20-/m1/s1. The van der Waals surface area contributed by atoms with E-state index in [1.807, 2.05) is 36.8 Å². The molecule has 1 aliphatic carbocycles. The maximum atomic E-state index is 10.6. The van der Waals surface area contributed by atoms with Gasteiger partial charge in [-0.25, -0.2) is 15.0 Å². The molecule has 1 saturated carbocycles. The Morgan fingerprint density at radius 2 is 2.07 bits per heavy atom. The van der Waals surface area contributed by atoms with Crippen molar-refractivity contribution in [1.82, 2.24) is 19.5 Å². The lowest BCUT2D eigenvalue weighted by atomic mass is 10.1. The number of nitrogens with one attached hydrogen (secondary N) is 1. The molecule has 2 N–H and O–H groups in total. The first-order valence-electron chi connectivity index (χ1n) is 10.2. The summed E-state index contributed by atoms with van der Waals surface area (Å²) in [5.74, 6) is 1.94. The molecule has 3 heterocycles. The number of aliphatic hydroxyl groups is 1. The van der Waals surface area contributed by atoms with Crippen molar-refractivity contribution in [1.29, 1.82) is 0 Å². The van der Waals surface area contributed by atoms with Gasteiger partial charge < -0.3 is 19.7 Å². The number of ether oxygens (including phenoxy) is 1. The molecule has 7 heteroatoms. The molecule has 1 unspecified atom stereocenters. The molecule has 1 aromatic carbocycles. The third-order valence-electron chi connectivity index (χ3n) is 5.84. The SMILES string of the molecule is O[C@@H]1CC(Cn2ccnc2-c2ccccc2)C[C@H]1Nc1ncc2c(n1)CCOC2. The predicted molar refractivity (Wildman–Crippen MR) is 109 cm³/mol. The smallest absolute Gasteiger partial charge is 0.223 e. The molecule has 7 nitrogen and oxygen atoms in total. The van der Waals surface area contributed by atoms with E-state index in [0.29, 0.717) is 25.1 Å². The van der Waals surface area contributed by atoms with Gasteiger partial charge in [0.15, 0.2) is 0 Å². The largest absolute Gasteiger partial charge is 0.391 e. The molecule has 0 spiro atoms. The monoisotopic (exact) mass is 391 g/mol. The van der Waals surface area contributed by atoms with E-state index in [1.165, 1.54) is 0 Å². The first-order valence-corrected chi connectivity index (χ1v) is 10.2. The second-order valence-corrected chi connectivity index (χ2v) is 7.89. The van der Waals surface area contributed by atoms with E-state index in [-0.39, 0.29) is 6.04 Å². The number of rotatable bonds is 5. The molecule has 29 heavy (non-hydrogen) atoms. The molecular formula is C22H25N5O2. The van der Waals surface area contributed by atoms with Crippen molar-refractivity contribution < 1.29 is 9.84 Å². The summed E-state index contributed by atoms with van der Waals surface area (Å²) in [5.41, 5.74) is 3.21. The van der Waals surface area contributed by atoms with Crippen LogP contribution in [0.15, 0.2) is 48.9 Å². The van der Waals surface area contributed by atoms with Gasteiger partial charge in [-0.3, -0.25) is 0 Å². The number of aromatic nitrogens is 4. The zero-order chi connectivity index (χ0) is 19.6. The highest BCUT2D eigenvalue weighted by Crippen LogP contribution is 2.31. The van der Waals surface area contributed by atoms with E-state index in [9.17, 15) is 5.11 Å². The summed E-state index contributed by atoms with van der Waals surface area (Å²) in [5, 5.41) is 14.0. The van der Waals surface area contributed by atoms with Crippen LogP contribution in [0.2, 0.25) is 0 Å². The van der Waals surface area contributed by atoms with Gasteiger partial charge in [0.1, 0.15) is 5.82 Å². The zero-order valence-electron chi connectivity index (χ0n) is 16.2. The van der Waals surface area contributed by atoms with Crippen LogP contribution in [-0.2, 0) is 24.3 Å². The van der Waals surface area contributed by atoms with Crippen molar-refractivity contribution in [2.45, 2.75) is 44.6 Å². The Kier molecular flexibility index (Phi) is 4.99. The van der Waals surface area contributed by atoms with Crippen molar-refractivity contribution in [3.63, 3.8) is 0 Å². The van der Waals surface area contributed by atoms with Gasteiger partial charge in [-0.05, 0) is 18.8 Å². The molecule has 2 aliphatic rings. The summed E-state index contributed by atoms with van der Waals surface area (Å²) in [6.07, 6.45) is 7.72. The highest BCUT2D eigenvalue weighted by atomic mass is 16.5. The van der Waals surface area contributed by atoms with Gasteiger partial charge in [0.25, 0.3) is 0 Å². The zero-order valence-corrected chi connectivity index (χ0v) is 16.2. The average Bonchev–Trinajstić information content (AvgIpc) is 3.35. The molecule has 0 amide bonds. The lowest BCUT2D eigenvalue weighted by molar-refractivity contribution is 0.109. The van der Waals surface area contributed by atoms with Crippen LogP contribution in [0.5, 0.6) is 0 Å². The minimum Gasteiger partial charge on any atom is -0.391 e. The summed E-state index contributed by atoms with van der Waals surface area (Å²) in [4.78, 5) is 13.6. The Morgan fingerprint density at radius 1 is 1.17 bits per heavy atom. The lowest BCUT2D eigenvalue weighted by Crippen LogP contribution is -2.29. The lowest BCUT2D eigenvalue weighted by Gasteiger charge is -2.19. The average molecular weight is 391 g/mol. The van der Waals surface area contributed by atoms with Gasteiger partial charge >= 0.3 is 0 Å². The number of benzene rings is 1. The first kappa shape index (κ1) is 18.3. The van der Waals surface area contributed by atoms with Crippen molar-refractivity contribution in [3.8, 4) is 11.4 Å². The number of nitrogens with zero attached hydrogens (tertiary/aromatic N) is 4. The Morgan fingerprint density at radius 3 is 2.97 bits per heavy atom. The molecule has 1 fully saturated rings. The van der Waals surface area contributed by atoms with Gasteiger partial charge in [-0.1, -0.05) is 30.3 Å². The van der Waals surface area contributed by atoms with Crippen LogP contribution in [0.3, 0.4) is 0 Å². The van der Waals surface area contributed by atoms with Gasteiger partial charge in [-0.2, -0.15) is 0 Å². The quantitative estimate of drug-likeness (QED) is 0.696. The second-order valence-electron chi connectivity index (χ2n) is 7.89. The van der Waals surface area contributed by atoms with E-state index in [2.05, 4.69) is 37.0 Å². The van der Waals surface area contributed by atoms with Crippen LogP contribution in [0.1, 0.15) is 24.1 Å². The molecule has 150 valence electrons. The summed E-state index contributed by atoms with van der Waals surface area (Å²) in [7, 11) is 0. The van der Waals surface area contributed by atoms with Crippen molar-refractivity contribution in [3.05, 3.63) is 60.2 Å². The number of aliphatic hydroxyl groups excluding tert-OH is 1. The van der Waals surface area contributed by atoms with Gasteiger partial charge in [0.05, 0.1) is 31.1 Å². The van der Waals surface area contributed by atoms with Crippen LogP contribution >= 0.6 is 0 Å². The molecule has 2 aromatic heterocycles. The topological polar surface area (TPSA) is 85.1 Å². The number of fused-ring (bicyclic) bond motifs is 1. The van der Waals surface area contributed by atoms with Crippen molar-refractivity contribution >= 4 is 5.95 Å². The molecule has 5 rings (SSSR count). The molecular weight excluding hydrogens is 366 g/mol. The number of hydrogen-bond donors (Lipinski definition) is 2. The molecule has 3 atom stereocenters.